The molecule has 0 aliphatic carbocycles. The van der Waals surface area contributed by atoms with Crippen LogP contribution in [-0.4, -0.2) is 4.98 Å². The molecule has 0 aliphatic heterocycles. The molecule has 1 heterocycles. The Hall–Kier alpha value is -1.06. The Kier molecular flexibility index (Phi) is 3.54. The molecule has 0 amide bonds. The van der Waals surface area contributed by atoms with Crippen LogP contribution in [0.25, 0.3) is 0 Å². The van der Waals surface area contributed by atoms with Crippen LogP contribution in [0.2, 0.25) is 0 Å². The van der Waals surface area contributed by atoms with Gasteiger partial charge in [0.2, 0.25) is 0 Å². The summed E-state index contributed by atoms with van der Waals surface area (Å²) < 4.78 is 39.3. The van der Waals surface area contributed by atoms with Gasteiger partial charge in [-0.2, -0.15) is 13.2 Å². The van der Waals surface area contributed by atoms with Crippen LogP contribution in [0.4, 0.5) is 13.2 Å². The summed E-state index contributed by atoms with van der Waals surface area (Å²) in [5, 5.41) is 0. The van der Waals surface area contributed by atoms with Crippen LogP contribution in [0.1, 0.15) is 58.2 Å². The molecule has 1 aromatic rings. The average Bonchev–Trinajstić information content (AvgIpc) is 2.12. The Balaban J connectivity index is 3.68. The standard InChI is InChI=1S/C14H20F3N/c1-12(2,3)9-7-18-8-10(14(15,16)17)11(9)13(4,5)6/h7-8H,1-6H3. The number of pyridine rings is 1. The van der Waals surface area contributed by atoms with Crippen molar-refractivity contribution >= 4 is 0 Å². The molecule has 0 spiro atoms. The summed E-state index contributed by atoms with van der Waals surface area (Å²) in [5.74, 6) is 0. The first-order chi connectivity index (χ1) is 7.85. The third-order valence-electron chi connectivity index (χ3n) is 2.81. The van der Waals surface area contributed by atoms with Crippen molar-refractivity contribution in [3.63, 3.8) is 0 Å². The van der Waals surface area contributed by atoms with Crippen LogP contribution in [0.15, 0.2) is 12.4 Å². The fraction of sp³-hybridized carbons (Fsp3) is 0.643. The lowest BCUT2D eigenvalue weighted by molar-refractivity contribution is -0.139. The van der Waals surface area contributed by atoms with E-state index in [0.29, 0.717) is 11.1 Å². The largest absolute Gasteiger partial charge is 0.418 e. The summed E-state index contributed by atoms with van der Waals surface area (Å²) in [6.45, 7) is 11.1. The van der Waals surface area contributed by atoms with Crippen LogP contribution in [0, 0.1) is 0 Å². The van der Waals surface area contributed by atoms with Gasteiger partial charge in [-0.05, 0) is 22.0 Å². The van der Waals surface area contributed by atoms with Gasteiger partial charge in [-0.25, -0.2) is 0 Å². The van der Waals surface area contributed by atoms with Crippen molar-refractivity contribution in [3.05, 3.63) is 29.1 Å². The van der Waals surface area contributed by atoms with Crippen molar-refractivity contribution in [1.82, 2.24) is 4.98 Å². The van der Waals surface area contributed by atoms with Gasteiger partial charge in [-0.3, -0.25) is 4.98 Å². The number of rotatable bonds is 0. The lowest BCUT2D eigenvalue weighted by Gasteiger charge is -2.32. The lowest BCUT2D eigenvalue weighted by atomic mass is 9.74. The van der Waals surface area contributed by atoms with E-state index < -0.39 is 17.2 Å². The molecule has 0 unspecified atom stereocenters. The second-order valence-electron chi connectivity index (χ2n) is 6.61. The van der Waals surface area contributed by atoms with Crippen LogP contribution in [-0.2, 0) is 17.0 Å². The molecule has 0 bridgehead atoms. The van der Waals surface area contributed by atoms with Gasteiger partial charge in [-0.15, -0.1) is 0 Å². The number of aromatic nitrogens is 1. The fourth-order valence-electron chi connectivity index (χ4n) is 2.05. The van der Waals surface area contributed by atoms with Crippen LogP contribution >= 0.6 is 0 Å². The number of hydrogen-bond donors (Lipinski definition) is 0. The Morgan fingerprint density at radius 2 is 1.22 bits per heavy atom. The first kappa shape index (κ1) is 15.0. The molecular formula is C14H20F3N. The molecule has 1 nitrogen and oxygen atoms in total. The molecule has 1 rings (SSSR count). The summed E-state index contributed by atoms with van der Waals surface area (Å²) in [6, 6.07) is 0. The van der Waals surface area contributed by atoms with Crippen molar-refractivity contribution in [2.24, 2.45) is 0 Å². The van der Waals surface area contributed by atoms with Gasteiger partial charge >= 0.3 is 6.18 Å². The molecule has 0 aliphatic rings. The third-order valence-corrected chi connectivity index (χ3v) is 2.81. The topological polar surface area (TPSA) is 12.9 Å². The minimum Gasteiger partial charge on any atom is -0.264 e. The number of halogens is 3. The zero-order valence-electron chi connectivity index (χ0n) is 11.7. The maximum atomic E-state index is 13.1. The predicted octanol–water partition coefficient (Wildman–Crippen LogP) is 4.70. The third kappa shape index (κ3) is 3.03. The Bertz CT molecular complexity index is 402. The van der Waals surface area contributed by atoms with Gasteiger partial charge in [0.25, 0.3) is 0 Å². The second-order valence-corrected chi connectivity index (χ2v) is 6.61. The van der Waals surface area contributed by atoms with E-state index >= 15 is 0 Å². The highest BCUT2D eigenvalue weighted by Crippen LogP contribution is 2.41. The molecule has 4 heteroatoms. The normalized spacial score (nSPS) is 13.8. The van der Waals surface area contributed by atoms with Gasteiger partial charge in [0, 0.05) is 12.4 Å². The van der Waals surface area contributed by atoms with E-state index in [1.807, 2.05) is 20.8 Å². The zero-order chi connectivity index (χ0) is 14.4. The van der Waals surface area contributed by atoms with E-state index in [9.17, 15) is 13.2 Å². The van der Waals surface area contributed by atoms with Crippen LogP contribution in [0.3, 0.4) is 0 Å². The van der Waals surface area contributed by atoms with E-state index in [2.05, 4.69) is 4.98 Å². The van der Waals surface area contributed by atoms with Crippen molar-refractivity contribution < 1.29 is 13.2 Å². The van der Waals surface area contributed by atoms with Gasteiger partial charge in [-0.1, -0.05) is 41.5 Å². The molecule has 1 aromatic heterocycles. The smallest absolute Gasteiger partial charge is 0.264 e. The van der Waals surface area contributed by atoms with Crippen molar-refractivity contribution in [2.75, 3.05) is 0 Å². The van der Waals surface area contributed by atoms with Gasteiger partial charge in [0.05, 0.1) is 5.56 Å². The van der Waals surface area contributed by atoms with E-state index in [-0.39, 0.29) is 5.41 Å². The van der Waals surface area contributed by atoms with Crippen LogP contribution in [0.5, 0.6) is 0 Å². The van der Waals surface area contributed by atoms with E-state index in [4.69, 9.17) is 0 Å². The van der Waals surface area contributed by atoms with Crippen LogP contribution < -0.4 is 0 Å². The molecule has 0 fully saturated rings. The highest BCUT2D eigenvalue weighted by Gasteiger charge is 2.39. The Morgan fingerprint density at radius 3 is 1.56 bits per heavy atom. The molecule has 0 atom stereocenters. The molecular weight excluding hydrogens is 239 g/mol. The monoisotopic (exact) mass is 259 g/mol. The molecule has 0 N–H and O–H groups in total. The lowest BCUT2D eigenvalue weighted by Crippen LogP contribution is -2.27. The molecule has 0 radical (unpaired) electrons. The number of nitrogens with zero attached hydrogens (tertiary/aromatic N) is 1. The minimum absolute atomic E-state index is 0.345. The highest BCUT2D eigenvalue weighted by atomic mass is 19.4. The van der Waals surface area contributed by atoms with E-state index in [1.54, 1.807) is 27.0 Å². The van der Waals surface area contributed by atoms with E-state index in [1.165, 1.54) is 0 Å². The van der Waals surface area contributed by atoms with Gasteiger partial charge < -0.3 is 0 Å². The molecule has 18 heavy (non-hydrogen) atoms. The number of hydrogen-bond acceptors (Lipinski definition) is 1. The maximum absolute atomic E-state index is 13.1. The van der Waals surface area contributed by atoms with E-state index in [0.717, 1.165) is 6.20 Å². The second kappa shape index (κ2) is 4.25. The summed E-state index contributed by atoms with van der Waals surface area (Å²) in [6.07, 6.45) is -1.89. The highest BCUT2D eigenvalue weighted by molar-refractivity contribution is 5.42. The first-order valence-corrected chi connectivity index (χ1v) is 5.91. The zero-order valence-corrected chi connectivity index (χ0v) is 11.7. The minimum atomic E-state index is -4.36. The molecule has 0 aromatic carbocycles. The molecule has 0 saturated heterocycles. The SMILES string of the molecule is CC(C)(C)c1cncc(C(F)(F)F)c1C(C)(C)C. The average molecular weight is 259 g/mol. The molecule has 102 valence electrons. The van der Waals surface area contributed by atoms with Gasteiger partial charge in [0.15, 0.2) is 0 Å². The Labute approximate surface area is 106 Å². The summed E-state index contributed by atoms with van der Waals surface area (Å²) in [5.41, 5.74) is -0.558. The molecule has 0 saturated carbocycles. The quantitative estimate of drug-likeness (QED) is 0.658. The Morgan fingerprint density at radius 1 is 0.778 bits per heavy atom. The fourth-order valence-corrected chi connectivity index (χ4v) is 2.05. The summed E-state index contributed by atoms with van der Waals surface area (Å²) in [4.78, 5) is 3.77. The number of alkyl halides is 3. The van der Waals surface area contributed by atoms with Crippen molar-refractivity contribution in [2.45, 2.75) is 58.5 Å². The maximum Gasteiger partial charge on any atom is 0.418 e. The summed E-state index contributed by atoms with van der Waals surface area (Å²) in [7, 11) is 0. The predicted molar refractivity (Wildman–Crippen MR) is 66.6 cm³/mol. The first-order valence-electron chi connectivity index (χ1n) is 5.91. The summed E-state index contributed by atoms with van der Waals surface area (Å²) >= 11 is 0. The van der Waals surface area contributed by atoms with Crippen molar-refractivity contribution in [3.8, 4) is 0 Å². The van der Waals surface area contributed by atoms with Gasteiger partial charge in [0.1, 0.15) is 0 Å². The van der Waals surface area contributed by atoms with Crippen molar-refractivity contribution in [1.29, 1.82) is 0 Å².